The Balaban J connectivity index is 1.74. The molecule has 4 heteroatoms. The third-order valence-corrected chi connectivity index (χ3v) is 8.31. The Bertz CT molecular complexity index is 1060. The monoisotopic (exact) mass is 500 g/mol. The van der Waals surface area contributed by atoms with Gasteiger partial charge in [-0.1, -0.05) is 89.8 Å². The highest BCUT2D eigenvalue weighted by Crippen LogP contribution is 2.44. The highest BCUT2D eigenvalue weighted by Gasteiger charge is 2.29. The molecule has 196 valence electrons. The number of hydrogen-bond acceptors (Lipinski definition) is 4. The van der Waals surface area contributed by atoms with Gasteiger partial charge in [-0.05, 0) is 71.9 Å². The van der Waals surface area contributed by atoms with Crippen LogP contribution < -0.4 is 9.47 Å². The molecule has 0 heterocycles. The van der Waals surface area contributed by atoms with E-state index in [9.17, 15) is 9.59 Å². The van der Waals surface area contributed by atoms with Crippen LogP contribution in [0, 0.1) is 0 Å². The summed E-state index contributed by atoms with van der Waals surface area (Å²) in [5, 5.41) is 0. The van der Waals surface area contributed by atoms with E-state index in [-0.39, 0.29) is 5.41 Å². The Morgan fingerprint density at radius 2 is 1.08 bits per heavy atom. The van der Waals surface area contributed by atoms with Gasteiger partial charge >= 0.3 is 11.9 Å². The minimum atomic E-state index is -0.425. The van der Waals surface area contributed by atoms with E-state index in [0.717, 1.165) is 36.8 Å². The van der Waals surface area contributed by atoms with Gasteiger partial charge < -0.3 is 9.47 Å². The second-order valence-corrected chi connectivity index (χ2v) is 11.1. The molecular weight excluding hydrogens is 460 g/mol. The van der Waals surface area contributed by atoms with E-state index < -0.39 is 11.9 Å². The zero-order chi connectivity index (χ0) is 26.4. The predicted molar refractivity (Wildman–Crippen MR) is 148 cm³/mol. The van der Waals surface area contributed by atoms with Crippen molar-refractivity contribution < 1.29 is 19.1 Å². The summed E-state index contributed by atoms with van der Waals surface area (Å²) >= 11 is 0. The largest absolute Gasteiger partial charge is 0.423 e. The van der Waals surface area contributed by atoms with Gasteiger partial charge in [0.2, 0.25) is 0 Å². The van der Waals surface area contributed by atoms with Crippen LogP contribution in [0.5, 0.6) is 11.5 Å². The molecule has 2 aliphatic carbocycles. The first-order valence-corrected chi connectivity index (χ1v) is 13.8. The number of carbonyl (C=O) groups excluding carboxylic acids is 2. The third-order valence-electron chi connectivity index (χ3n) is 8.31. The molecule has 0 unspecified atom stereocenters. The van der Waals surface area contributed by atoms with Gasteiger partial charge in [0.25, 0.3) is 0 Å². The maximum absolute atomic E-state index is 12.1. The fourth-order valence-electron chi connectivity index (χ4n) is 5.99. The van der Waals surface area contributed by atoms with Crippen LogP contribution in [0.4, 0.5) is 0 Å². The lowest BCUT2D eigenvalue weighted by molar-refractivity contribution is -0.129. The van der Waals surface area contributed by atoms with Gasteiger partial charge in [0.15, 0.2) is 0 Å². The molecule has 0 aromatic heterocycles. The lowest BCUT2D eigenvalue weighted by Crippen LogP contribution is -2.21. The third kappa shape index (κ3) is 6.23. The Morgan fingerprint density at radius 3 is 1.43 bits per heavy atom. The number of hydrogen-bond donors (Lipinski definition) is 0. The maximum Gasteiger partial charge on any atom is 0.335 e. The normalized spacial score (nSPS) is 17.1. The Hall–Kier alpha value is -3.14. The van der Waals surface area contributed by atoms with E-state index in [2.05, 4.69) is 51.3 Å². The molecule has 2 saturated carbocycles. The Morgan fingerprint density at radius 1 is 0.703 bits per heavy atom. The molecule has 4 rings (SSSR count). The van der Waals surface area contributed by atoms with Crippen LogP contribution in [0.25, 0.3) is 0 Å². The van der Waals surface area contributed by atoms with Gasteiger partial charge in [-0.25, -0.2) is 9.59 Å². The topological polar surface area (TPSA) is 52.6 Å². The fourth-order valence-corrected chi connectivity index (χ4v) is 5.99. The van der Waals surface area contributed by atoms with Crippen molar-refractivity contribution in [1.29, 1.82) is 0 Å². The van der Waals surface area contributed by atoms with Gasteiger partial charge in [-0.15, -0.1) is 0 Å². The molecule has 0 radical (unpaired) electrons. The second-order valence-electron chi connectivity index (χ2n) is 11.1. The number of carbonyl (C=O) groups is 2. The average molecular weight is 501 g/mol. The van der Waals surface area contributed by atoms with Crippen LogP contribution in [-0.2, 0) is 15.0 Å². The number of esters is 2. The quantitative estimate of drug-likeness (QED) is 0.208. The maximum atomic E-state index is 12.1. The summed E-state index contributed by atoms with van der Waals surface area (Å²) in [5.41, 5.74) is 4.29. The first kappa shape index (κ1) is 26.9. The lowest BCUT2D eigenvalue weighted by atomic mass is 9.74. The molecule has 0 amide bonds. The van der Waals surface area contributed by atoms with E-state index in [4.69, 9.17) is 9.47 Å². The number of ether oxygens (including phenoxy) is 2. The van der Waals surface area contributed by atoms with Crippen molar-refractivity contribution in [2.45, 2.75) is 95.3 Å². The first-order chi connectivity index (χ1) is 17.8. The highest BCUT2D eigenvalue weighted by molar-refractivity contribution is 5.84. The molecule has 0 spiro atoms. The highest BCUT2D eigenvalue weighted by atomic mass is 16.5. The van der Waals surface area contributed by atoms with Crippen LogP contribution in [0.1, 0.15) is 112 Å². The molecule has 2 fully saturated rings. The molecule has 0 N–H and O–H groups in total. The summed E-state index contributed by atoms with van der Waals surface area (Å²) in [6.07, 6.45) is 14.2. The fraction of sp³-hybridized carbons (Fsp3) is 0.455. The zero-order valence-electron chi connectivity index (χ0n) is 22.4. The van der Waals surface area contributed by atoms with Crippen molar-refractivity contribution in [3.8, 4) is 11.5 Å². The summed E-state index contributed by atoms with van der Waals surface area (Å²) in [6, 6.07) is 12.5. The molecule has 37 heavy (non-hydrogen) atoms. The molecule has 2 aliphatic rings. The van der Waals surface area contributed by atoms with Crippen LogP contribution in [0.15, 0.2) is 61.7 Å². The van der Waals surface area contributed by atoms with Gasteiger partial charge in [0.1, 0.15) is 11.5 Å². The summed E-state index contributed by atoms with van der Waals surface area (Å²) < 4.78 is 11.3. The van der Waals surface area contributed by atoms with Gasteiger partial charge in [-0.3, -0.25) is 0 Å². The Kier molecular flexibility index (Phi) is 8.68. The standard InChI is InChI=1S/C33H40O4/c1-5-31(34)36-29-19-17-25(21-27(29)23-13-9-7-10-14-23)33(3,4)26-18-20-30(37-32(35)6-2)28(22-26)24-15-11-8-12-16-24/h5-6,17-24H,1-2,7-16H2,3-4H3. The molecular formula is C33H40O4. The van der Waals surface area contributed by atoms with Crippen LogP contribution in [0.2, 0.25) is 0 Å². The molecule has 2 aromatic carbocycles. The van der Waals surface area contributed by atoms with Crippen molar-refractivity contribution in [3.05, 3.63) is 84.0 Å². The van der Waals surface area contributed by atoms with E-state index in [0.29, 0.717) is 23.3 Å². The molecule has 2 aromatic rings. The van der Waals surface area contributed by atoms with Crippen molar-refractivity contribution >= 4 is 11.9 Å². The van der Waals surface area contributed by atoms with Crippen molar-refractivity contribution in [2.75, 3.05) is 0 Å². The van der Waals surface area contributed by atoms with E-state index in [1.165, 1.54) is 61.8 Å². The number of rotatable bonds is 8. The molecule has 0 atom stereocenters. The van der Waals surface area contributed by atoms with Crippen LogP contribution >= 0.6 is 0 Å². The van der Waals surface area contributed by atoms with E-state index in [1.54, 1.807) is 0 Å². The lowest BCUT2D eigenvalue weighted by Gasteiger charge is -2.31. The molecule has 0 bridgehead atoms. The van der Waals surface area contributed by atoms with E-state index in [1.807, 2.05) is 12.1 Å². The summed E-state index contributed by atoms with van der Waals surface area (Å²) in [4.78, 5) is 24.1. The second kappa shape index (κ2) is 11.9. The summed E-state index contributed by atoms with van der Waals surface area (Å²) in [6.45, 7) is 11.6. The smallest absolute Gasteiger partial charge is 0.335 e. The minimum absolute atomic E-state index is 0.297. The minimum Gasteiger partial charge on any atom is -0.423 e. The van der Waals surface area contributed by atoms with Crippen molar-refractivity contribution in [1.82, 2.24) is 0 Å². The SMILES string of the molecule is C=CC(=O)Oc1ccc(C(C)(C)c2ccc(OC(=O)C=C)c(C3CCCCC3)c2)cc1C1CCCCC1. The van der Waals surface area contributed by atoms with E-state index >= 15 is 0 Å². The number of benzene rings is 2. The predicted octanol–water partition coefficient (Wildman–Crippen LogP) is 8.29. The molecule has 4 nitrogen and oxygen atoms in total. The van der Waals surface area contributed by atoms with Crippen molar-refractivity contribution in [2.24, 2.45) is 0 Å². The first-order valence-electron chi connectivity index (χ1n) is 13.8. The Labute approximate surface area is 221 Å². The van der Waals surface area contributed by atoms with Gasteiger partial charge in [-0.2, -0.15) is 0 Å². The molecule has 0 saturated heterocycles. The van der Waals surface area contributed by atoms with Gasteiger partial charge in [0, 0.05) is 17.6 Å². The van der Waals surface area contributed by atoms with Crippen LogP contribution in [0.3, 0.4) is 0 Å². The zero-order valence-corrected chi connectivity index (χ0v) is 22.4. The summed E-state index contributed by atoms with van der Waals surface area (Å²) in [5.74, 6) is 1.21. The van der Waals surface area contributed by atoms with Crippen LogP contribution in [-0.4, -0.2) is 11.9 Å². The van der Waals surface area contributed by atoms with Gasteiger partial charge in [0.05, 0.1) is 0 Å². The average Bonchev–Trinajstić information content (AvgIpc) is 2.94. The summed E-state index contributed by atoms with van der Waals surface area (Å²) in [7, 11) is 0. The molecule has 0 aliphatic heterocycles. The van der Waals surface area contributed by atoms with Crippen molar-refractivity contribution in [3.63, 3.8) is 0 Å².